The topological polar surface area (TPSA) is 65.0 Å². The fourth-order valence-electron chi connectivity index (χ4n) is 3.03. The molecule has 0 aromatic heterocycles. The minimum atomic E-state index is -3.64. The third kappa shape index (κ3) is 24.4. The number of unbranched alkanes of at least 4 members (excludes halogenated alkanes) is 12. The molecule has 5 nitrogen and oxygen atoms in total. The van der Waals surface area contributed by atoms with Gasteiger partial charge in [0.05, 0.1) is 13.2 Å². The van der Waals surface area contributed by atoms with Gasteiger partial charge in [-0.25, -0.2) is 4.57 Å². The first-order chi connectivity index (χ1) is 14.0. The van der Waals surface area contributed by atoms with Crippen LogP contribution in [0.5, 0.6) is 0 Å². The first-order valence-electron chi connectivity index (χ1n) is 11.4. The predicted molar refractivity (Wildman–Crippen MR) is 126 cm³/mol. The molecule has 1 N–H and O–H groups in total. The maximum Gasteiger partial charge on any atom is 0.393 e. The number of methoxy groups -OCH3 is 1. The van der Waals surface area contributed by atoms with Gasteiger partial charge in [0.15, 0.2) is 0 Å². The van der Waals surface area contributed by atoms with Crippen molar-refractivity contribution in [2.75, 3.05) is 26.9 Å². The SMILES string of the molecule is CCCCCCCC/C=C\CCCCCCCCOCC(COP(=O)(O)Br)OC. The highest BCUT2D eigenvalue weighted by molar-refractivity contribution is 9.39. The predicted octanol–water partition coefficient (Wildman–Crippen LogP) is 7.57. The van der Waals surface area contributed by atoms with E-state index in [0.717, 1.165) is 6.42 Å². The average Bonchev–Trinajstić information content (AvgIpc) is 2.68. The lowest BCUT2D eigenvalue weighted by Crippen LogP contribution is -2.23. The van der Waals surface area contributed by atoms with E-state index in [-0.39, 0.29) is 12.7 Å². The maximum absolute atomic E-state index is 11.0. The number of halogens is 1. The highest BCUT2D eigenvalue weighted by atomic mass is 79.9. The summed E-state index contributed by atoms with van der Waals surface area (Å²) >= 11 is 2.58. The van der Waals surface area contributed by atoms with Crippen LogP contribution >= 0.6 is 21.8 Å². The van der Waals surface area contributed by atoms with Crippen molar-refractivity contribution in [1.82, 2.24) is 0 Å². The minimum Gasteiger partial charge on any atom is -0.379 e. The van der Waals surface area contributed by atoms with Gasteiger partial charge in [0.2, 0.25) is 0 Å². The molecule has 7 heteroatoms. The van der Waals surface area contributed by atoms with Gasteiger partial charge < -0.3 is 14.4 Å². The van der Waals surface area contributed by atoms with Gasteiger partial charge >= 0.3 is 6.30 Å². The molecule has 0 fully saturated rings. The summed E-state index contributed by atoms with van der Waals surface area (Å²) in [6.45, 7) is 3.35. The zero-order chi connectivity index (χ0) is 21.6. The van der Waals surface area contributed by atoms with Crippen molar-refractivity contribution in [2.24, 2.45) is 0 Å². The number of hydrogen-bond acceptors (Lipinski definition) is 4. The summed E-state index contributed by atoms with van der Waals surface area (Å²) in [6.07, 6.45) is 18.8. The van der Waals surface area contributed by atoms with Gasteiger partial charge in [0, 0.05) is 29.2 Å². The van der Waals surface area contributed by atoms with E-state index in [1.165, 1.54) is 90.6 Å². The van der Waals surface area contributed by atoms with E-state index in [2.05, 4.69) is 34.6 Å². The zero-order valence-corrected chi connectivity index (χ0v) is 21.1. The smallest absolute Gasteiger partial charge is 0.379 e. The Morgan fingerprint density at radius 2 is 1.38 bits per heavy atom. The van der Waals surface area contributed by atoms with E-state index < -0.39 is 6.30 Å². The largest absolute Gasteiger partial charge is 0.393 e. The fourth-order valence-corrected chi connectivity index (χ4v) is 3.73. The third-order valence-corrected chi connectivity index (χ3v) is 5.94. The summed E-state index contributed by atoms with van der Waals surface area (Å²) < 4.78 is 26.6. The molecular formula is C22H44BrO5P. The Balaban J connectivity index is 3.30. The van der Waals surface area contributed by atoms with Crippen LogP contribution in [0.1, 0.15) is 96.8 Å². The Bertz CT molecular complexity index is 414. The van der Waals surface area contributed by atoms with Gasteiger partial charge in [-0.1, -0.05) is 76.9 Å². The van der Waals surface area contributed by atoms with Crippen LogP contribution in [0.4, 0.5) is 0 Å². The Labute approximate surface area is 187 Å². The van der Waals surface area contributed by atoms with Crippen LogP contribution < -0.4 is 0 Å². The van der Waals surface area contributed by atoms with E-state index in [9.17, 15) is 4.57 Å². The van der Waals surface area contributed by atoms with Crippen LogP contribution in [0.2, 0.25) is 0 Å². The highest BCUT2D eigenvalue weighted by Gasteiger charge is 2.17. The molecule has 2 unspecified atom stereocenters. The quantitative estimate of drug-likeness (QED) is 0.0946. The lowest BCUT2D eigenvalue weighted by Gasteiger charge is -2.16. The van der Waals surface area contributed by atoms with Crippen LogP contribution in [0.15, 0.2) is 12.2 Å². The molecule has 0 aliphatic heterocycles. The second-order valence-corrected chi connectivity index (χ2v) is 11.5. The van der Waals surface area contributed by atoms with Gasteiger partial charge in [-0.2, -0.15) is 0 Å². The van der Waals surface area contributed by atoms with Crippen molar-refractivity contribution in [2.45, 2.75) is 103 Å². The lowest BCUT2D eigenvalue weighted by molar-refractivity contribution is -0.0158. The number of hydrogen-bond donors (Lipinski definition) is 1. The molecule has 0 saturated heterocycles. The molecular weight excluding hydrogens is 455 g/mol. The third-order valence-electron chi connectivity index (χ3n) is 4.86. The Kier molecular flexibility index (Phi) is 21.7. The molecule has 0 radical (unpaired) electrons. The molecule has 0 aromatic carbocycles. The van der Waals surface area contributed by atoms with Crippen molar-refractivity contribution in [3.05, 3.63) is 12.2 Å². The second-order valence-electron chi connectivity index (χ2n) is 7.62. The van der Waals surface area contributed by atoms with E-state index >= 15 is 0 Å². The molecule has 0 aliphatic carbocycles. The normalized spacial score (nSPS) is 15.0. The number of rotatable bonds is 22. The van der Waals surface area contributed by atoms with Crippen molar-refractivity contribution < 1.29 is 23.5 Å². The zero-order valence-electron chi connectivity index (χ0n) is 18.7. The van der Waals surface area contributed by atoms with Crippen LogP contribution in [-0.4, -0.2) is 37.9 Å². The molecule has 0 spiro atoms. The van der Waals surface area contributed by atoms with Gasteiger partial charge in [0.1, 0.15) is 6.10 Å². The van der Waals surface area contributed by atoms with Crippen LogP contribution in [0.25, 0.3) is 0 Å². The molecule has 0 bridgehead atoms. The van der Waals surface area contributed by atoms with Crippen LogP contribution in [0.3, 0.4) is 0 Å². The Morgan fingerprint density at radius 1 is 0.862 bits per heavy atom. The van der Waals surface area contributed by atoms with Crippen LogP contribution in [0, 0.1) is 0 Å². The van der Waals surface area contributed by atoms with Gasteiger partial charge in [-0.05, 0) is 32.1 Å². The monoisotopic (exact) mass is 498 g/mol. The molecule has 2 atom stereocenters. The van der Waals surface area contributed by atoms with Gasteiger partial charge in [-0.3, -0.25) is 4.52 Å². The average molecular weight is 499 g/mol. The minimum absolute atomic E-state index is 0.0307. The summed E-state index contributed by atoms with van der Waals surface area (Å²) in [5.41, 5.74) is 0. The van der Waals surface area contributed by atoms with Crippen molar-refractivity contribution >= 4 is 21.8 Å². The van der Waals surface area contributed by atoms with Crippen molar-refractivity contribution in [1.29, 1.82) is 0 Å². The van der Waals surface area contributed by atoms with Crippen LogP contribution in [-0.2, 0) is 18.6 Å². The summed E-state index contributed by atoms with van der Waals surface area (Å²) in [7, 11) is 1.54. The number of ether oxygens (including phenoxy) is 2. The van der Waals surface area contributed by atoms with Gasteiger partial charge in [0.25, 0.3) is 0 Å². The Morgan fingerprint density at radius 3 is 1.90 bits per heavy atom. The van der Waals surface area contributed by atoms with Crippen molar-refractivity contribution in [3.63, 3.8) is 0 Å². The molecule has 29 heavy (non-hydrogen) atoms. The maximum atomic E-state index is 11.0. The van der Waals surface area contributed by atoms with E-state index in [1.54, 1.807) is 0 Å². The molecule has 0 aromatic rings. The summed E-state index contributed by atoms with van der Waals surface area (Å²) in [4.78, 5) is 9.04. The summed E-state index contributed by atoms with van der Waals surface area (Å²) in [5.74, 6) is 0. The second kappa shape index (κ2) is 21.5. The highest BCUT2D eigenvalue weighted by Crippen LogP contribution is 2.50. The first-order valence-corrected chi connectivity index (χ1v) is 15.0. The first kappa shape index (κ1) is 29.3. The molecule has 0 rings (SSSR count). The molecule has 174 valence electrons. The summed E-state index contributed by atoms with van der Waals surface area (Å²) in [6, 6.07) is 0. The van der Waals surface area contributed by atoms with E-state index in [1.807, 2.05) is 0 Å². The Hall–Kier alpha value is 0.290. The number of allylic oxidation sites excluding steroid dienone is 2. The fraction of sp³-hybridized carbons (Fsp3) is 0.909. The summed E-state index contributed by atoms with van der Waals surface area (Å²) in [5, 5.41) is 0. The lowest BCUT2D eigenvalue weighted by atomic mass is 10.1. The molecule has 0 saturated carbocycles. The molecule has 0 heterocycles. The van der Waals surface area contributed by atoms with Crippen molar-refractivity contribution in [3.8, 4) is 0 Å². The van der Waals surface area contributed by atoms with E-state index in [4.69, 9.17) is 18.9 Å². The van der Waals surface area contributed by atoms with Gasteiger partial charge in [-0.15, -0.1) is 0 Å². The standard InChI is InChI=1S/C22H44BrO5P/c1-3-4-5-6-7-8-9-10-11-12-13-14-15-16-17-18-19-27-20-22(26-2)21-28-29(23,24)25/h10-11,22H,3-9,12-21H2,1-2H3,(H,24,25)/b11-10-. The van der Waals surface area contributed by atoms with E-state index in [0.29, 0.717) is 13.2 Å². The molecule has 0 aliphatic rings. The molecule has 0 amide bonds.